The third-order valence-electron chi connectivity index (χ3n) is 2.22. The molecule has 0 aliphatic heterocycles. The van der Waals surface area contributed by atoms with Crippen molar-refractivity contribution in [1.82, 2.24) is 14.8 Å². The molecule has 0 radical (unpaired) electrons. The fraction of sp³-hybridized carbons (Fsp3) is 0.273. The molecule has 0 saturated heterocycles. The summed E-state index contributed by atoms with van der Waals surface area (Å²) in [6, 6.07) is 4.39. The molecule has 0 bridgehead atoms. The molecule has 102 valence electrons. The number of ether oxygens (including phenoxy) is 2. The highest BCUT2D eigenvalue weighted by Gasteiger charge is 2.11. The molecule has 0 atom stereocenters. The summed E-state index contributed by atoms with van der Waals surface area (Å²) in [5.41, 5.74) is 0. The molecule has 0 unspecified atom stereocenters. The fourth-order valence-electron chi connectivity index (χ4n) is 1.35. The third-order valence-corrected chi connectivity index (χ3v) is 2.86. The van der Waals surface area contributed by atoms with Crippen LogP contribution in [-0.2, 0) is 11.3 Å². The van der Waals surface area contributed by atoms with E-state index >= 15 is 0 Å². The lowest BCUT2D eigenvalue weighted by Crippen LogP contribution is -2.07. The summed E-state index contributed by atoms with van der Waals surface area (Å²) >= 11 is 8.76. The number of nitrogens with zero attached hydrogens (tertiary/aromatic N) is 3. The zero-order valence-corrected chi connectivity index (χ0v) is 12.3. The van der Waals surface area contributed by atoms with Crippen molar-refractivity contribution in [2.24, 2.45) is 0 Å². The van der Waals surface area contributed by atoms with Gasteiger partial charge in [-0.2, -0.15) is 4.98 Å². The molecule has 8 heteroatoms. The van der Waals surface area contributed by atoms with Gasteiger partial charge in [0.1, 0.15) is 11.6 Å². The zero-order chi connectivity index (χ0) is 13.8. The van der Waals surface area contributed by atoms with Crippen LogP contribution in [0.15, 0.2) is 22.9 Å². The van der Waals surface area contributed by atoms with Gasteiger partial charge in [-0.1, -0.05) is 11.6 Å². The maximum Gasteiger partial charge on any atom is 0.321 e. The molecule has 0 aliphatic rings. The van der Waals surface area contributed by atoms with E-state index in [0.717, 1.165) is 0 Å². The van der Waals surface area contributed by atoms with Crippen LogP contribution in [0.3, 0.4) is 0 Å². The van der Waals surface area contributed by atoms with Gasteiger partial charge in [0.05, 0.1) is 18.2 Å². The number of rotatable bonds is 5. The molecule has 5 nitrogen and oxygen atoms in total. The van der Waals surface area contributed by atoms with E-state index in [1.165, 1.54) is 16.8 Å². The van der Waals surface area contributed by atoms with Crippen LogP contribution < -0.4 is 4.74 Å². The maximum atomic E-state index is 13.3. The minimum atomic E-state index is -0.554. The quantitative estimate of drug-likeness (QED) is 0.830. The molecule has 2 aromatic rings. The highest BCUT2D eigenvalue weighted by Crippen LogP contribution is 2.25. The number of halogens is 3. The summed E-state index contributed by atoms with van der Waals surface area (Å²) in [5.74, 6) is -0.262. The Morgan fingerprint density at radius 3 is 2.95 bits per heavy atom. The molecule has 1 aromatic heterocycles. The molecule has 0 N–H and O–H groups in total. The summed E-state index contributed by atoms with van der Waals surface area (Å²) < 4.78 is 25.6. The molecule has 1 aromatic carbocycles. The van der Waals surface area contributed by atoms with Crippen molar-refractivity contribution in [2.75, 3.05) is 13.7 Å². The summed E-state index contributed by atoms with van der Waals surface area (Å²) in [5, 5.41) is 4.12. The van der Waals surface area contributed by atoms with Crippen LogP contribution in [-0.4, -0.2) is 28.5 Å². The van der Waals surface area contributed by atoms with E-state index in [1.54, 1.807) is 13.2 Å². The normalized spacial score (nSPS) is 10.7. The van der Waals surface area contributed by atoms with Gasteiger partial charge in [-0.25, -0.2) is 9.07 Å². The molecule has 0 spiro atoms. The average Bonchev–Trinajstić information content (AvgIpc) is 2.71. The molecular formula is C11H10BrClFN3O2. The Labute approximate surface area is 122 Å². The largest absolute Gasteiger partial charge is 0.424 e. The first-order chi connectivity index (χ1) is 9.10. The van der Waals surface area contributed by atoms with E-state index in [9.17, 15) is 4.39 Å². The molecule has 1 heterocycles. The predicted octanol–water partition coefficient (Wildman–Crippen LogP) is 3.27. The van der Waals surface area contributed by atoms with Crippen molar-refractivity contribution in [2.45, 2.75) is 6.54 Å². The minimum absolute atomic E-state index is 0.0365. The summed E-state index contributed by atoms with van der Waals surface area (Å²) in [6.07, 6.45) is 0. The summed E-state index contributed by atoms with van der Waals surface area (Å²) in [7, 11) is 1.58. The van der Waals surface area contributed by atoms with Crippen LogP contribution in [0.4, 0.5) is 4.39 Å². The summed E-state index contributed by atoms with van der Waals surface area (Å²) in [6.45, 7) is 0.932. The molecule has 0 fully saturated rings. The second-order valence-electron chi connectivity index (χ2n) is 3.56. The van der Waals surface area contributed by atoms with Gasteiger partial charge in [0.25, 0.3) is 0 Å². The second kappa shape index (κ2) is 6.31. The molecular weight excluding hydrogens is 340 g/mol. The van der Waals surface area contributed by atoms with Crippen molar-refractivity contribution < 1.29 is 13.9 Å². The molecule has 0 saturated carbocycles. The van der Waals surface area contributed by atoms with Crippen molar-refractivity contribution in [3.63, 3.8) is 0 Å². The minimum Gasteiger partial charge on any atom is -0.424 e. The lowest BCUT2D eigenvalue weighted by Gasteiger charge is -2.07. The van der Waals surface area contributed by atoms with Crippen LogP contribution in [0.2, 0.25) is 5.02 Å². The Morgan fingerprint density at radius 1 is 1.47 bits per heavy atom. The maximum absolute atomic E-state index is 13.3. The van der Waals surface area contributed by atoms with Gasteiger partial charge in [0.2, 0.25) is 4.73 Å². The van der Waals surface area contributed by atoms with Gasteiger partial charge in [-0.15, -0.1) is 5.10 Å². The standard InChI is InChI=1S/C11H10BrClFN3O2/c1-18-5-4-17-11(15-10(12)16-17)19-7-2-3-8(13)9(14)6-7/h2-3,6H,4-5H2,1H3. The first kappa shape index (κ1) is 14.2. The number of methoxy groups -OCH3 is 1. The Bertz CT molecular complexity index is 579. The lowest BCUT2D eigenvalue weighted by molar-refractivity contribution is 0.179. The SMILES string of the molecule is COCCn1nc(Br)nc1Oc1ccc(Cl)c(F)c1. The predicted molar refractivity (Wildman–Crippen MR) is 71.1 cm³/mol. The van der Waals surface area contributed by atoms with Crippen molar-refractivity contribution >= 4 is 27.5 Å². The fourth-order valence-corrected chi connectivity index (χ4v) is 1.81. The number of hydrogen-bond acceptors (Lipinski definition) is 4. The Balaban J connectivity index is 2.19. The molecule has 19 heavy (non-hydrogen) atoms. The van der Waals surface area contributed by atoms with Gasteiger partial charge >= 0.3 is 6.01 Å². The molecule has 0 amide bonds. The van der Waals surface area contributed by atoms with Gasteiger partial charge in [0.15, 0.2) is 0 Å². The van der Waals surface area contributed by atoms with E-state index in [0.29, 0.717) is 23.6 Å². The third kappa shape index (κ3) is 3.65. The van der Waals surface area contributed by atoms with Gasteiger partial charge in [-0.05, 0) is 28.1 Å². The second-order valence-corrected chi connectivity index (χ2v) is 4.67. The number of benzene rings is 1. The first-order valence-corrected chi connectivity index (χ1v) is 6.49. The number of hydrogen-bond donors (Lipinski definition) is 0. The molecule has 2 rings (SSSR count). The zero-order valence-electron chi connectivity index (χ0n) is 9.94. The van der Waals surface area contributed by atoms with E-state index in [1.807, 2.05) is 0 Å². The van der Waals surface area contributed by atoms with E-state index < -0.39 is 5.82 Å². The topological polar surface area (TPSA) is 49.2 Å². The van der Waals surface area contributed by atoms with Gasteiger partial charge in [-0.3, -0.25) is 0 Å². The first-order valence-electron chi connectivity index (χ1n) is 5.32. The van der Waals surface area contributed by atoms with Crippen LogP contribution >= 0.6 is 27.5 Å². The highest BCUT2D eigenvalue weighted by atomic mass is 79.9. The Kier molecular flexibility index (Phi) is 4.73. The average molecular weight is 351 g/mol. The van der Waals surface area contributed by atoms with Crippen LogP contribution in [0.1, 0.15) is 0 Å². The summed E-state index contributed by atoms with van der Waals surface area (Å²) in [4.78, 5) is 4.05. The van der Waals surface area contributed by atoms with Crippen LogP contribution in [0.5, 0.6) is 11.8 Å². The van der Waals surface area contributed by atoms with E-state index in [4.69, 9.17) is 21.1 Å². The Hall–Kier alpha value is -1.18. The lowest BCUT2D eigenvalue weighted by atomic mass is 10.3. The van der Waals surface area contributed by atoms with Gasteiger partial charge < -0.3 is 9.47 Å². The van der Waals surface area contributed by atoms with Crippen molar-refractivity contribution in [3.8, 4) is 11.8 Å². The number of aromatic nitrogens is 3. The van der Waals surface area contributed by atoms with Crippen LogP contribution in [0.25, 0.3) is 0 Å². The highest BCUT2D eigenvalue weighted by molar-refractivity contribution is 9.10. The smallest absolute Gasteiger partial charge is 0.321 e. The van der Waals surface area contributed by atoms with Gasteiger partial charge in [0, 0.05) is 13.2 Å². The van der Waals surface area contributed by atoms with E-state index in [2.05, 4.69) is 26.0 Å². The van der Waals surface area contributed by atoms with Crippen LogP contribution in [0, 0.1) is 5.82 Å². The monoisotopic (exact) mass is 349 g/mol. The molecule has 0 aliphatic carbocycles. The van der Waals surface area contributed by atoms with E-state index in [-0.39, 0.29) is 11.0 Å². The van der Waals surface area contributed by atoms with Crippen molar-refractivity contribution in [3.05, 3.63) is 33.8 Å². The Morgan fingerprint density at radius 2 is 2.26 bits per heavy atom. The van der Waals surface area contributed by atoms with Crippen molar-refractivity contribution in [1.29, 1.82) is 0 Å².